The van der Waals surface area contributed by atoms with Gasteiger partial charge in [-0.2, -0.15) is 5.26 Å². The molecule has 0 aliphatic heterocycles. The maximum Gasteiger partial charge on any atom is 0.494 e. The summed E-state index contributed by atoms with van der Waals surface area (Å²) in [6.45, 7) is 11.9. The Morgan fingerprint density at radius 1 is 1.00 bits per heavy atom. The minimum atomic E-state index is -0.478. The number of hydrogen-bond donors (Lipinski definition) is 0. The Morgan fingerprint density at radius 3 is 1.95 bits per heavy atom. The van der Waals surface area contributed by atoms with Crippen LogP contribution in [0.3, 0.4) is 0 Å². The Morgan fingerprint density at radius 2 is 1.53 bits per heavy atom. The van der Waals surface area contributed by atoms with Gasteiger partial charge in [0.2, 0.25) is 0 Å². The van der Waals surface area contributed by atoms with Crippen LogP contribution in [0, 0.1) is 11.3 Å². The highest BCUT2D eigenvalue weighted by molar-refractivity contribution is 6.61. The van der Waals surface area contributed by atoms with Crippen molar-refractivity contribution in [1.82, 2.24) is 0 Å². The van der Waals surface area contributed by atoms with Gasteiger partial charge in [-0.3, -0.25) is 0 Å². The molecule has 0 N–H and O–H groups in total. The molecule has 0 fully saturated rings. The van der Waals surface area contributed by atoms with Crippen molar-refractivity contribution in [2.45, 2.75) is 52.7 Å². The van der Waals surface area contributed by atoms with Gasteiger partial charge in [-0.05, 0) is 59.1 Å². The van der Waals surface area contributed by atoms with Crippen molar-refractivity contribution in [1.29, 1.82) is 5.26 Å². The number of rotatable bonds is 3. The topological polar surface area (TPSA) is 42.2 Å². The second-order valence-electron chi connectivity index (χ2n) is 6.53. The molecule has 0 saturated heterocycles. The van der Waals surface area contributed by atoms with E-state index in [2.05, 4.69) is 6.07 Å². The molecule has 0 unspecified atom stereocenters. The predicted octanol–water partition coefficient (Wildman–Crippen LogP) is 2.88. The molecule has 0 radical (unpaired) electrons. The molecule has 0 heterocycles. The van der Waals surface area contributed by atoms with Gasteiger partial charge in [0, 0.05) is 11.2 Å². The third-order valence-corrected chi connectivity index (χ3v) is 2.21. The first-order chi connectivity index (χ1) is 8.61. The molecular formula is C15H22BNO2. The number of hydrogen-bond acceptors (Lipinski definition) is 3. The summed E-state index contributed by atoms with van der Waals surface area (Å²) in [4.78, 5) is 0. The molecule has 19 heavy (non-hydrogen) atoms. The van der Waals surface area contributed by atoms with Crippen LogP contribution in [0.5, 0.6) is 0 Å². The van der Waals surface area contributed by atoms with Crippen LogP contribution in [0.25, 0.3) is 0 Å². The second kappa shape index (κ2) is 5.77. The fourth-order valence-electron chi connectivity index (χ4n) is 1.56. The Kier molecular flexibility index (Phi) is 4.78. The van der Waals surface area contributed by atoms with Crippen LogP contribution in [0.4, 0.5) is 0 Å². The molecule has 1 rings (SSSR count). The minimum Gasteiger partial charge on any atom is -0.403 e. The number of benzene rings is 1. The molecule has 0 atom stereocenters. The van der Waals surface area contributed by atoms with E-state index in [0.29, 0.717) is 5.56 Å². The van der Waals surface area contributed by atoms with Gasteiger partial charge in [0.1, 0.15) is 0 Å². The van der Waals surface area contributed by atoms with E-state index in [1.54, 1.807) is 6.07 Å². The van der Waals surface area contributed by atoms with E-state index >= 15 is 0 Å². The zero-order valence-electron chi connectivity index (χ0n) is 12.7. The molecule has 0 aliphatic carbocycles. The Bertz CT molecular complexity index is 450. The lowest BCUT2D eigenvalue weighted by Crippen LogP contribution is -2.46. The molecule has 0 aromatic heterocycles. The second-order valence-corrected chi connectivity index (χ2v) is 6.53. The maximum absolute atomic E-state index is 8.98. The van der Waals surface area contributed by atoms with Gasteiger partial charge in [-0.25, -0.2) is 0 Å². The predicted molar refractivity (Wildman–Crippen MR) is 78.2 cm³/mol. The van der Waals surface area contributed by atoms with Crippen molar-refractivity contribution in [3.05, 3.63) is 29.8 Å². The van der Waals surface area contributed by atoms with Gasteiger partial charge < -0.3 is 9.31 Å². The van der Waals surface area contributed by atoms with Crippen molar-refractivity contribution < 1.29 is 9.31 Å². The van der Waals surface area contributed by atoms with E-state index in [0.717, 1.165) is 5.46 Å². The Balaban J connectivity index is 3.05. The van der Waals surface area contributed by atoms with Crippen LogP contribution >= 0.6 is 0 Å². The summed E-state index contributed by atoms with van der Waals surface area (Å²) in [7, 11) is -0.478. The van der Waals surface area contributed by atoms with Gasteiger partial charge in [-0.15, -0.1) is 0 Å². The normalized spacial score (nSPS) is 12.1. The summed E-state index contributed by atoms with van der Waals surface area (Å²) in [5.41, 5.74) is 0.832. The third kappa shape index (κ3) is 5.91. The summed E-state index contributed by atoms with van der Waals surface area (Å²) in [6, 6.07) is 9.48. The average Bonchev–Trinajstić information content (AvgIpc) is 2.24. The lowest BCUT2D eigenvalue weighted by Gasteiger charge is -2.30. The van der Waals surface area contributed by atoms with Gasteiger partial charge >= 0.3 is 7.12 Å². The third-order valence-electron chi connectivity index (χ3n) is 2.21. The molecule has 1 aromatic rings. The van der Waals surface area contributed by atoms with Gasteiger partial charge in [0.05, 0.1) is 11.6 Å². The Labute approximate surface area is 116 Å². The molecule has 0 spiro atoms. The molecule has 3 nitrogen and oxygen atoms in total. The SMILES string of the molecule is CC(C)(C)OB(OC(C)(C)C)c1cccc(C#N)c1. The Hall–Kier alpha value is -1.31. The zero-order valence-corrected chi connectivity index (χ0v) is 12.7. The van der Waals surface area contributed by atoms with Crippen LogP contribution in [0.15, 0.2) is 24.3 Å². The fraction of sp³-hybridized carbons (Fsp3) is 0.533. The number of nitriles is 1. The molecular weight excluding hydrogens is 237 g/mol. The molecule has 0 saturated carbocycles. The van der Waals surface area contributed by atoms with E-state index < -0.39 is 7.12 Å². The van der Waals surface area contributed by atoms with Gasteiger partial charge in [0.25, 0.3) is 0 Å². The first-order valence-electron chi connectivity index (χ1n) is 6.46. The minimum absolute atomic E-state index is 0.321. The smallest absolute Gasteiger partial charge is 0.403 e. The van der Waals surface area contributed by atoms with Crippen LogP contribution in [0.1, 0.15) is 47.1 Å². The zero-order chi connectivity index (χ0) is 14.7. The van der Waals surface area contributed by atoms with Crippen LogP contribution in [0.2, 0.25) is 0 Å². The molecule has 1 aromatic carbocycles. The molecule has 4 heteroatoms. The molecule has 102 valence electrons. The van der Waals surface area contributed by atoms with E-state index in [1.807, 2.05) is 59.7 Å². The highest BCUT2D eigenvalue weighted by Crippen LogP contribution is 2.16. The van der Waals surface area contributed by atoms with Crippen LogP contribution < -0.4 is 5.46 Å². The van der Waals surface area contributed by atoms with Crippen molar-refractivity contribution in [3.8, 4) is 6.07 Å². The highest BCUT2D eigenvalue weighted by Gasteiger charge is 2.31. The first-order valence-corrected chi connectivity index (χ1v) is 6.46. The van der Waals surface area contributed by atoms with E-state index in [-0.39, 0.29) is 11.2 Å². The van der Waals surface area contributed by atoms with E-state index in [4.69, 9.17) is 14.6 Å². The first kappa shape index (κ1) is 15.8. The van der Waals surface area contributed by atoms with Crippen molar-refractivity contribution in [2.24, 2.45) is 0 Å². The van der Waals surface area contributed by atoms with E-state index in [1.165, 1.54) is 0 Å². The quantitative estimate of drug-likeness (QED) is 0.784. The molecule has 0 bridgehead atoms. The van der Waals surface area contributed by atoms with Crippen molar-refractivity contribution >= 4 is 12.6 Å². The summed E-state index contributed by atoms with van der Waals surface area (Å²) in [6.07, 6.45) is 0. The largest absolute Gasteiger partial charge is 0.494 e. The lowest BCUT2D eigenvalue weighted by molar-refractivity contribution is 0.0408. The van der Waals surface area contributed by atoms with Gasteiger partial charge in [-0.1, -0.05) is 12.1 Å². The average molecular weight is 259 g/mol. The summed E-state index contributed by atoms with van der Waals surface area (Å²) >= 11 is 0. The van der Waals surface area contributed by atoms with Crippen molar-refractivity contribution in [3.63, 3.8) is 0 Å². The standard InChI is InChI=1S/C15H22BNO2/c1-14(2,3)18-16(19-15(4,5)6)13-9-7-8-12(10-13)11-17/h7-10H,1-6H3. The summed E-state index contributed by atoms with van der Waals surface area (Å²) in [5.74, 6) is 0. The van der Waals surface area contributed by atoms with Crippen molar-refractivity contribution in [2.75, 3.05) is 0 Å². The summed E-state index contributed by atoms with van der Waals surface area (Å²) < 4.78 is 11.9. The van der Waals surface area contributed by atoms with Crippen LogP contribution in [-0.4, -0.2) is 18.3 Å². The van der Waals surface area contributed by atoms with Crippen LogP contribution in [-0.2, 0) is 9.31 Å². The fourth-order valence-corrected chi connectivity index (χ4v) is 1.56. The van der Waals surface area contributed by atoms with Gasteiger partial charge in [0.15, 0.2) is 0 Å². The highest BCUT2D eigenvalue weighted by atomic mass is 16.6. The molecule has 0 amide bonds. The maximum atomic E-state index is 8.98. The van der Waals surface area contributed by atoms with E-state index in [9.17, 15) is 0 Å². The lowest BCUT2D eigenvalue weighted by atomic mass is 9.76. The monoisotopic (exact) mass is 259 g/mol. The molecule has 0 aliphatic rings. The summed E-state index contributed by atoms with van der Waals surface area (Å²) in [5, 5.41) is 8.98. The number of nitrogens with zero attached hydrogens (tertiary/aromatic N) is 1.